The van der Waals surface area contributed by atoms with Gasteiger partial charge < -0.3 is 10.4 Å². The lowest BCUT2D eigenvalue weighted by Crippen LogP contribution is -2.35. The molecule has 0 aliphatic carbocycles. The molecule has 19 heavy (non-hydrogen) atoms. The zero-order valence-corrected chi connectivity index (χ0v) is 12.8. The van der Waals surface area contributed by atoms with Crippen molar-refractivity contribution in [1.82, 2.24) is 15.3 Å². The number of hydrogen-bond acceptors (Lipinski definition) is 5. The van der Waals surface area contributed by atoms with E-state index in [1.165, 1.54) is 11.8 Å². The molecule has 1 rings (SSSR count). The van der Waals surface area contributed by atoms with Crippen LogP contribution in [0.25, 0.3) is 0 Å². The van der Waals surface area contributed by atoms with Crippen molar-refractivity contribution in [2.24, 2.45) is 5.92 Å². The second kappa shape index (κ2) is 6.86. The fourth-order valence-electron chi connectivity index (χ4n) is 1.61. The molecule has 0 aliphatic rings. The van der Waals surface area contributed by atoms with E-state index in [1.807, 2.05) is 20.1 Å². The first-order chi connectivity index (χ1) is 8.86. The summed E-state index contributed by atoms with van der Waals surface area (Å²) in [4.78, 5) is 20.6. The van der Waals surface area contributed by atoms with Gasteiger partial charge in [0.25, 0.3) is 5.91 Å². The van der Waals surface area contributed by atoms with Crippen LogP contribution in [0.15, 0.2) is 5.03 Å². The quantitative estimate of drug-likeness (QED) is 0.633. The molecule has 0 aromatic carbocycles. The lowest BCUT2D eigenvalue weighted by molar-refractivity contribution is 0.0867. The van der Waals surface area contributed by atoms with E-state index in [2.05, 4.69) is 15.3 Å². The Morgan fingerprint density at radius 2 is 2.00 bits per heavy atom. The second-order valence-corrected chi connectivity index (χ2v) is 5.56. The Bertz CT molecular complexity index is 463. The van der Waals surface area contributed by atoms with Gasteiger partial charge in [-0.25, -0.2) is 9.97 Å². The normalized spacial score (nSPS) is 12.6. The highest BCUT2D eigenvalue weighted by Crippen LogP contribution is 2.20. The van der Waals surface area contributed by atoms with E-state index in [9.17, 15) is 9.90 Å². The van der Waals surface area contributed by atoms with Crippen molar-refractivity contribution in [3.63, 3.8) is 0 Å². The van der Waals surface area contributed by atoms with Crippen LogP contribution in [0.1, 0.15) is 35.7 Å². The van der Waals surface area contributed by atoms with Crippen molar-refractivity contribution in [1.29, 1.82) is 0 Å². The number of thioether (sulfide) groups is 1. The van der Waals surface area contributed by atoms with E-state index in [0.29, 0.717) is 22.1 Å². The van der Waals surface area contributed by atoms with E-state index >= 15 is 0 Å². The maximum absolute atomic E-state index is 12.2. The molecule has 0 radical (unpaired) electrons. The molecule has 0 aliphatic heterocycles. The zero-order valence-electron chi connectivity index (χ0n) is 12.0. The van der Waals surface area contributed by atoms with Gasteiger partial charge >= 0.3 is 0 Å². The molecule has 0 bridgehead atoms. The number of nitrogens with one attached hydrogen (secondary N) is 1. The standard InChI is InChI=1S/C13H21N3O2S/c1-7(2)10(17)6-14-12(18)11-8(3)15-9(4)16-13(11)19-5/h7,10,17H,6H2,1-5H3,(H,14,18). The topological polar surface area (TPSA) is 75.1 Å². The molecule has 6 heteroatoms. The van der Waals surface area contributed by atoms with Crippen LogP contribution in [-0.2, 0) is 0 Å². The van der Waals surface area contributed by atoms with Crippen molar-refractivity contribution in [3.8, 4) is 0 Å². The summed E-state index contributed by atoms with van der Waals surface area (Å²) >= 11 is 1.42. The lowest BCUT2D eigenvalue weighted by atomic mass is 10.1. The summed E-state index contributed by atoms with van der Waals surface area (Å²) in [6, 6.07) is 0. The molecule has 0 spiro atoms. The molecule has 2 N–H and O–H groups in total. The van der Waals surface area contributed by atoms with Crippen LogP contribution in [0.3, 0.4) is 0 Å². The van der Waals surface area contributed by atoms with Crippen LogP contribution in [0.5, 0.6) is 0 Å². The molecular weight excluding hydrogens is 262 g/mol. The van der Waals surface area contributed by atoms with Gasteiger partial charge in [0.2, 0.25) is 0 Å². The Labute approximate surface area is 118 Å². The molecule has 106 valence electrons. The highest BCUT2D eigenvalue weighted by atomic mass is 32.2. The number of carbonyl (C=O) groups excluding carboxylic acids is 1. The molecule has 1 unspecified atom stereocenters. The summed E-state index contributed by atoms with van der Waals surface area (Å²) in [7, 11) is 0. The molecule has 1 aromatic heterocycles. The number of carbonyl (C=O) groups is 1. The molecular formula is C13H21N3O2S. The average molecular weight is 283 g/mol. The van der Waals surface area contributed by atoms with Crippen molar-refractivity contribution in [2.45, 2.75) is 38.8 Å². The maximum atomic E-state index is 12.2. The van der Waals surface area contributed by atoms with E-state index < -0.39 is 6.10 Å². The zero-order chi connectivity index (χ0) is 14.6. The van der Waals surface area contributed by atoms with Gasteiger partial charge in [-0.05, 0) is 26.0 Å². The Kier molecular flexibility index (Phi) is 5.75. The molecule has 0 saturated carbocycles. The Hall–Kier alpha value is -1.14. The minimum atomic E-state index is -0.548. The number of rotatable bonds is 5. The summed E-state index contributed by atoms with van der Waals surface area (Å²) in [6.45, 7) is 7.64. The fourth-order valence-corrected chi connectivity index (χ4v) is 2.28. The van der Waals surface area contributed by atoms with Gasteiger partial charge in [0, 0.05) is 6.54 Å². The van der Waals surface area contributed by atoms with Gasteiger partial charge in [0.05, 0.1) is 17.4 Å². The van der Waals surface area contributed by atoms with Crippen LogP contribution < -0.4 is 5.32 Å². The molecule has 1 aromatic rings. The van der Waals surface area contributed by atoms with Crippen molar-refractivity contribution >= 4 is 17.7 Å². The van der Waals surface area contributed by atoms with Crippen LogP contribution in [0.4, 0.5) is 0 Å². The molecule has 1 atom stereocenters. The second-order valence-electron chi connectivity index (χ2n) is 4.76. The van der Waals surface area contributed by atoms with Gasteiger partial charge in [0.1, 0.15) is 10.9 Å². The van der Waals surface area contributed by atoms with Gasteiger partial charge in [0.15, 0.2) is 0 Å². The first-order valence-corrected chi connectivity index (χ1v) is 7.44. The number of amides is 1. The number of aliphatic hydroxyl groups is 1. The summed E-state index contributed by atoms with van der Waals surface area (Å²) in [5.41, 5.74) is 1.16. The van der Waals surface area contributed by atoms with E-state index in [1.54, 1.807) is 13.8 Å². The lowest BCUT2D eigenvalue weighted by Gasteiger charge is -2.16. The third-order valence-corrected chi connectivity index (χ3v) is 3.51. The van der Waals surface area contributed by atoms with Crippen molar-refractivity contribution in [2.75, 3.05) is 12.8 Å². The summed E-state index contributed by atoms with van der Waals surface area (Å²) in [5, 5.41) is 13.1. The third kappa shape index (κ3) is 4.18. The van der Waals surface area contributed by atoms with E-state index in [-0.39, 0.29) is 18.4 Å². The molecule has 5 nitrogen and oxygen atoms in total. The monoisotopic (exact) mass is 283 g/mol. The summed E-state index contributed by atoms with van der Waals surface area (Å²) < 4.78 is 0. The van der Waals surface area contributed by atoms with Gasteiger partial charge in [-0.3, -0.25) is 4.79 Å². The minimum Gasteiger partial charge on any atom is -0.391 e. The SMILES string of the molecule is CSc1nc(C)nc(C)c1C(=O)NCC(O)C(C)C. The predicted molar refractivity (Wildman–Crippen MR) is 76.5 cm³/mol. The molecule has 1 heterocycles. The first-order valence-electron chi connectivity index (χ1n) is 6.22. The largest absolute Gasteiger partial charge is 0.391 e. The van der Waals surface area contributed by atoms with Crippen LogP contribution in [-0.4, -0.2) is 39.9 Å². The highest BCUT2D eigenvalue weighted by molar-refractivity contribution is 7.98. The molecule has 0 fully saturated rings. The summed E-state index contributed by atoms with van der Waals surface area (Å²) in [5.74, 6) is 0.526. The average Bonchev–Trinajstić information content (AvgIpc) is 2.34. The van der Waals surface area contributed by atoms with Crippen LogP contribution in [0.2, 0.25) is 0 Å². The number of aryl methyl sites for hydroxylation is 2. The third-order valence-electron chi connectivity index (χ3n) is 2.83. The van der Waals surface area contributed by atoms with E-state index in [4.69, 9.17) is 0 Å². The Morgan fingerprint density at radius 3 is 2.53 bits per heavy atom. The maximum Gasteiger partial charge on any atom is 0.255 e. The minimum absolute atomic E-state index is 0.107. The fraction of sp³-hybridized carbons (Fsp3) is 0.615. The van der Waals surface area contributed by atoms with E-state index in [0.717, 1.165) is 0 Å². The van der Waals surface area contributed by atoms with Gasteiger partial charge in [-0.2, -0.15) is 0 Å². The van der Waals surface area contributed by atoms with Gasteiger partial charge in [-0.15, -0.1) is 11.8 Å². The Balaban J connectivity index is 2.88. The van der Waals surface area contributed by atoms with Crippen LogP contribution >= 0.6 is 11.8 Å². The van der Waals surface area contributed by atoms with Crippen LogP contribution in [0, 0.1) is 19.8 Å². The predicted octanol–water partition coefficient (Wildman–Crippen LogP) is 1.56. The highest BCUT2D eigenvalue weighted by Gasteiger charge is 2.18. The number of aliphatic hydroxyl groups excluding tert-OH is 1. The molecule has 1 amide bonds. The summed E-state index contributed by atoms with van der Waals surface area (Å²) in [6.07, 6.45) is 1.33. The number of hydrogen-bond donors (Lipinski definition) is 2. The van der Waals surface area contributed by atoms with Gasteiger partial charge in [-0.1, -0.05) is 13.8 Å². The van der Waals surface area contributed by atoms with Crippen molar-refractivity contribution < 1.29 is 9.90 Å². The van der Waals surface area contributed by atoms with Crippen molar-refractivity contribution in [3.05, 3.63) is 17.1 Å². The number of nitrogens with zero attached hydrogens (tertiary/aromatic N) is 2. The molecule has 0 saturated heterocycles. The first kappa shape index (κ1) is 15.9. The smallest absolute Gasteiger partial charge is 0.255 e. The Morgan fingerprint density at radius 1 is 1.37 bits per heavy atom. The number of aromatic nitrogens is 2.